The molecule has 0 N–H and O–H groups in total. The first-order valence-electron chi connectivity index (χ1n) is 10.4. The molecule has 0 bridgehead atoms. The Morgan fingerprint density at radius 3 is 2.50 bits per heavy atom. The minimum absolute atomic E-state index is 0.0212. The van der Waals surface area contributed by atoms with Gasteiger partial charge in [-0.15, -0.1) is 0 Å². The zero-order valence-electron chi connectivity index (χ0n) is 17.0. The lowest BCUT2D eigenvalue weighted by Crippen LogP contribution is -2.65. The average Bonchev–Trinajstić information content (AvgIpc) is 3.26. The van der Waals surface area contributed by atoms with Crippen molar-refractivity contribution in [3.8, 4) is 0 Å². The number of carbonyl (C=O) groups excluding carboxylic acids is 1. The highest BCUT2D eigenvalue weighted by atomic mass is 16.3. The SMILES string of the molecule is CC(CN1CCN(C)C2(CCN(C(=O)c3ccco3)CC2)C1)c1ccccc1. The number of likely N-dealkylation sites (tertiary alicyclic amines) is 1. The molecule has 1 aromatic heterocycles. The van der Waals surface area contributed by atoms with E-state index in [9.17, 15) is 4.79 Å². The van der Waals surface area contributed by atoms with Crippen LogP contribution >= 0.6 is 0 Å². The molecule has 150 valence electrons. The second kappa shape index (κ2) is 8.10. The first-order valence-corrected chi connectivity index (χ1v) is 10.4. The van der Waals surface area contributed by atoms with Gasteiger partial charge in [-0.1, -0.05) is 37.3 Å². The number of benzene rings is 1. The predicted octanol–water partition coefficient (Wildman–Crippen LogP) is 3.31. The Morgan fingerprint density at radius 2 is 1.82 bits per heavy atom. The number of amides is 1. The van der Waals surface area contributed by atoms with Gasteiger partial charge in [0.1, 0.15) is 0 Å². The van der Waals surface area contributed by atoms with Gasteiger partial charge >= 0.3 is 0 Å². The zero-order chi connectivity index (χ0) is 19.6. The van der Waals surface area contributed by atoms with Crippen LogP contribution in [0.4, 0.5) is 0 Å². The molecule has 0 radical (unpaired) electrons. The summed E-state index contributed by atoms with van der Waals surface area (Å²) >= 11 is 0. The minimum atomic E-state index is 0.0212. The number of carbonyl (C=O) groups is 1. The molecule has 2 fully saturated rings. The Kier molecular flexibility index (Phi) is 5.56. The molecular weight excluding hydrogens is 350 g/mol. The van der Waals surface area contributed by atoms with Gasteiger partial charge in [-0.25, -0.2) is 0 Å². The van der Waals surface area contributed by atoms with Gasteiger partial charge in [-0.2, -0.15) is 0 Å². The molecule has 3 heterocycles. The highest BCUT2D eigenvalue weighted by Crippen LogP contribution is 2.33. The Morgan fingerprint density at radius 1 is 1.07 bits per heavy atom. The maximum absolute atomic E-state index is 12.6. The fourth-order valence-corrected chi connectivity index (χ4v) is 4.80. The fraction of sp³-hybridized carbons (Fsp3) is 0.522. The molecule has 5 heteroatoms. The summed E-state index contributed by atoms with van der Waals surface area (Å²) in [5.41, 5.74) is 1.59. The van der Waals surface area contributed by atoms with Crippen LogP contribution in [0.25, 0.3) is 0 Å². The number of piperazine rings is 1. The fourth-order valence-electron chi connectivity index (χ4n) is 4.80. The largest absolute Gasteiger partial charge is 0.459 e. The summed E-state index contributed by atoms with van der Waals surface area (Å²) in [5.74, 6) is 1.00. The lowest BCUT2D eigenvalue weighted by atomic mass is 9.83. The van der Waals surface area contributed by atoms with Crippen molar-refractivity contribution in [3.05, 3.63) is 60.1 Å². The molecule has 28 heavy (non-hydrogen) atoms. The van der Waals surface area contributed by atoms with Crippen LogP contribution in [-0.4, -0.2) is 72.5 Å². The molecule has 1 amide bonds. The molecule has 2 aliphatic heterocycles. The van der Waals surface area contributed by atoms with E-state index in [1.54, 1.807) is 18.4 Å². The van der Waals surface area contributed by atoms with Crippen molar-refractivity contribution in [2.24, 2.45) is 0 Å². The highest BCUT2D eigenvalue weighted by Gasteiger charge is 2.43. The normalized spacial score (nSPS) is 21.7. The first kappa shape index (κ1) is 19.2. The van der Waals surface area contributed by atoms with Gasteiger partial charge < -0.3 is 9.32 Å². The second-order valence-corrected chi connectivity index (χ2v) is 8.46. The number of nitrogens with zero attached hydrogens (tertiary/aromatic N) is 3. The van der Waals surface area contributed by atoms with Crippen LogP contribution in [0.15, 0.2) is 53.1 Å². The summed E-state index contributed by atoms with van der Waals surface area (Å²) in [5, 5.41) is 0. The Labute approximate surface area is 167 Å². The third-order valence-electron chi connectivity index (χ3n) is 6.69. The quantitative estimate of drug-likeness (QED) is 0.815. The number of piperidine rings is 1. The van der Waals surface area contributed by atoms with Crippen LogP contribution < -0.4 is 0 Å². The smallest absolute Gasteiger partial charge is 0.289 e. The Balaban J connectivity index is 1.38. The third-order valence-corrected chi connectivity index (χ3v) is 6.69. The third kappa shape index (κ3) is 3.87. The van der Waals surface area contributed by atoms with Crippen LogP contribution in [0.1, 0.15) is 41.8 Å². The molecule has 1 spiro atoms. The molecule has 0 aliphatic carbocycles. The lowest BCUT2D eigenvalue weighted by Gasteiger charge is -2.53. The number of likely N-dealkylation sites (N-methyl/N-ethyl adjacent to an activating group) is 1. The van der Waals surface area contributed by atoms with Crippen molar-refractivity contribution in [1.29, 1.82) is 0 Å². The van der Waals surface area contributed by atoms with Crippen molar-refractivity contribution >= 4 is 5.91 Å². The number of furan rings is 1. The summed E-state index contributed by atoms with van der Waals surface area (Å²) in [6.07, 6.45) is 3.61. The highest BCUT2D eigenvalue weighted by molar-refractivity contribution is 5.91. The topological polar surface area (TPSA) is 39.9 Å². The lowest BCUT2D eigenvalue weighted by molar-refractivity contribution is -0.0252. The van der Waals surface area contributed by atoms with Crippen LogP contribution in [0.3, 0.4) is 0 Å². The maximum Gasteiger partial charge on any atom is 0.289 e. The van der Waals surface area contributed by atoms with Crippen molar-refractivity contribution < 1.29 is 9.21 Å². The molecule has 4 rings (SSSR count). The predicted molar refractivity (Wildman–Crippen MR) is 111 cm³/mol. The molecule has 1 unspecified atom stereocenters. The molecule has 2 aromatic rings. The summed E-state index contributed by atoms with van der Waals surface area (Å²) < 4.78 is 5.30. The van der Waals surface area contributed by atoms with Crippen molar-refractivity contribution in [2.45, 2.75) is 31.2 Å². The summed E-state index contributed by atoms with van der Waals surface area (Å²) in [6, 6.07) is 14.3. The van der Waals surface area contributed by atoms with Crippen molar-refractivity contribution in [2.75, 3.05) is 46.3 Å². The number of rotatable bonds is 4. The Bertz CT molecular complexity index is 766. The van der Waals surface area contributed by atoms with Gasteiger partial charge in [0.25, 0.3) is 5.91 Å². The van der Waals surface area contributed by atoms with E-state index in [4.69, 9.17) is 4.42 Å². The standard InChI is InChI=1S/C23H31N3O2/c1-19(20-7-4-3-5-8-20)17-25-15-14-24(2)23(18-25)10-12-26(13-11-23)22(27)21-9-6-16-28-21/h3-9,16,19H,10-15,17-18H2,1-2H3. The summed E-state index contributed by atoms with van der Waals surface area (Å²) in [6.45, 7) is 8.30. The second-order valence-electron chi connectivity index (χ2n) is 8.46. The van der Waals surface area contributed by atoms with Crippen LogP contribution in [0.5, 0.6) is 0 Å². The van der Waals surface area contributed by atoms with Crippen LogP contribution in [0.2, 0.25) is 0 Å². The zero-order valence-corrected chi connectivity index (χ0v) is 17.0. The number of hydrogen-bond donors (Lipinski definition) is 0. The first-order chi connectivity index (χ1) is 13.6. The van der Waals surface area contributed by atoms with E-state index in [-0.39, 0.29) is 11.4 Å². The van der Waals surface area contributed by atoms with Gasteiger partial charge in [-0.05, 0) is 43.5 Å². The minimum Gasteiger partial charge on any atom is -0.459 e. The van der Waals surface area contributed by atoms with E-state index in [0.717, 1.165) is 52.1 Å². The van der Waals surface area contributed by atoms with Gasteiger partial charge in [-0.3, -0.25) is 14.6 Å². The molecule has 0 saturated carbocycles. The molecular formula is C23H31N3O2. The molecule has 2 saturated heterocycles. The Hall–Kier alpha value is -2.11. The van der Waals surface area contributed by atoms with E-state index >= 15 is 0 Å². The van der Waals surface area contributed by atoms with E-state index in [2.05, 4.69) is 54.1 Å². The van der Waals surface area contributed by atoms with Gasteiger partial charge in [0, 0.05) is 44.8 Å². The van der Waals surface area contributed by atoms with Gasteiger partial charge in [0.15, 0.2) is 5.76 Å². The van der Waals surface area contributed by atoms with E-state index in [1.165, 1.54) is 5.56 Å². The molecule has 1 atom stereocenters. The number of hydrogen-bond acceptors (Lipinski definition) is 4. The maximum atomic E-state index is 12.6. The van der Waals surface area contributed by atoms with Crippen LogP contribution in [0, 0.1) is 0 Å². The van der Waals surface area contributed by atoms with Crippen molar-refractivity contribution in [3.63, 3.8) is 0 Å². The monoisotopic (exact) mass is 381 g/mol. The van der Waals surface area contributed by atoms with Crippen molar-refractivity contribution in [1.82, 2.24) is 14.7 Å². The van der Waals surface area contributed by atoms with Gasteiger partial charge in [0.2, 0.25) is 0 Å². The molecule has 2 aliphatic rings. The van der Waals surface area contributed by atoms with E-state index in [1.807, 2.05) is 4.90 Å². The molecule has 1 aromatic carbocycles. The van der Waals surface area contributed by atoms with Crippen LogP contribution in [-0.2, 0) is 0 Å². The summed E-state index contributed by atoms with van der Waals surface area (Å²) in [7, 11) is 2.25. The molecule has 5 nitrogen and oxygen atoms in total. The van der Waals surface area contributed by atoms with E-state index < -0.39 is 0 Å². The van der Waals surface area contributed by atoms with Gasteiger partial charge in [0.05, 0.1) is 6.26 Å². The van der Waals surface area contributed by atoms with E-state index in [0.29, 0.717) is 11.7 Å². The average molecular weight is 382 g/mol. The summed E-state index contributed by atoms with van der Waals surface area (Å²) in [4.78, 5) is 19.7.